The van der Waals surface area contributed by atoms with Crippen LogP contribution in [0.2, 0.25) is 0 Å². The van der Waals surface area contributed by atoms with Gasteiger partial charge in [-0.1, -0.05) is 30.3 Å². The van der Waals surface area contributed by atoms with Crippen LogP contribution in [0.15, 0.2) is 41.9 Å². The highest BCUT2D eigenvalue weighted by Gasteiger charge is 2.30. The van der Waals surface area contributed by atoms with E-state index in [1.807, 2.05) is 4.90 Å². The molecule has 0 radical (unpaired) electrons. The highest BCUT2D eigenvalue weighted by molar-refractivity contribution is 7.15. The zero-order valence-electron chi connectivity index (χ0n) is 17.5. The van der Waals surface area contributed by atoms with Crippen molar-refractivity contribution in [3.8, 4) is 0 Å². The lowest BCUT2D eigenvalue weighted by Gasteiger charge is -2.39. The Morgan fingerprint density at radius 3 is 2.70 bits per heavy atom. The van der Waals surface area contributed by atoms with Crippen LogP contribution in [0.25, 0.3) is 4.96 Å². The fraction of sp³-hybridized carbons (Fsp3) is 0.478. The monoisotopic (exact) mass is 423 g/mol. The normalized spacial score (nSPS) is 21.4. The van der Waals surface area contributed by atoms with E-state index in [9.17, 15) is 4.79 Å². The van der Waals surface area contributed by atoms with E-state index in [1.54, 1.807) is 11.3 Å². The second kappa shape index (κ2) is 8.49. The highest BCUT2D eigenvalue weighted by atomic mass is 32.1. The molecule has 0 saturated carbocycles. The van der Waals surface area contributed by atoms with Gasteiger partial charge in [0.2, 0.25) is 0 Å². The first-order valence-electron chi connectivity index (χ1n) is 10.9. The van der Waals surface area contributed by atoms with E-state index in [-0.39, 0.29) is 5.91 Å². The van der Waals surface area contributed by atoms with E-state index in [1.165, 1.54) is 12.0 Å². The van der Waals surface area contributed by atoms with Crippen molar-refractivity contribution in [2.45, 2.75) is 31.8 Å². The van der Waals surface area contributed by atoms with E-state index < -0.39 is 0 Å². The first-order chi connectivity index (χ1) is 14.7. The summed E-state index contributed by atoms with van der Waals surface area (Å²) in [5.74, 6) is 0.106. The molecule has 7 heteroatoms. The number of hydrogen-bond donors (Lipinski definition) is 0. The van der Waals surface area contributed by atoms with Crippen LogP contribution in [0.4, 0.5) is 0 Å². The summed E-state index contributed by atoms with van der Waals surface area (Å²) in [6.07, 6.45) is 5.47. The van der Waals surface area contributed by atoms with Gasteiger partial charge in [-0.25, -0.2) is 4.98 Å². The third-order valence-electron chi connectivity index (χ3n) is 6.50. The molecule has 2 saturated heterocycles. The molecule has 6 nitrogen and oxygen atoms in total. The van der Waals surface area contributed by atoms with Crippen LogP contribution in [0.5, 0.6) is 0 Å². The minimum Gasteiger partial charge on any atom is -0.337 e. The number of amides is 1. The number of likely N-dealkylation sites (tertiary alicyclic amines) is 1. The standard InChI is InChI=1S/C23H29N5OS/c1-25-12-13-26(16-19(25)18-8-4-2-5-9-18)17-20-21(24-23-28(20)14-15-30-23)22(29)27-10-6-3-7-11-27/h2,4-5,8-9,14-15,19H,3,6-7,10-13,16-17H2,1H3. The van der Waals surface area contributed by atoms with Crippen molar-refractivity contribution in [3.63, 3.8) is 0 Å². The molecule has 0 bridgehead atoms. The highest BCUT2D eigenvalue weighted by Crippen LogP contribution is 2.27. The van der Waals surface area contributed by atoms with Crippen molar-refractivity contribution < 1.29 is 4.79 Å². The van der Waals surface area contributed by atoms with Gasteiger partial charge in [-0.05, 0) is 31.9 Å². The number of fused-ring (bicyclic) bond motifs is 1. The average Bonchev–Trinajstić information content (AvgIpc) is 3.38. The summed E-state index contributed by atoms with van der Waals surface area (Å²) >= 11 is 1.60. The topological polar surface area (TPSA) is 44.1 Å². The van der Waals surface area contributed by atoms with E-state index in [0.717, 1.165) is 62.8 Å². The summed E-state index contributed by atoms with van der Waals surface area (Å²) in [7, 11) is 2.20. The SMILES string of the molecule is CN1CCN(Cc2c(C(=O)N3CCCCC3)nc3sccn23)CC1c1ccccc1. The summed E-state index contributed by atoms with van der Waals surface area (Å²) in [6.45, 7) is 5.43. The van der Waals surface area contributed by atoms with E-state index in [4.69, 9.17) is 4.98 Å². The molecule has 3 aromatic rings. The Kier molecular flexibility index (Phi) is 5.58. The lowest BCUT2D eigenvalue weighted by molar-refractivity contribution is 0.0709. The second-order valence-corrected chi connectivity index (χ2v) is 9.33. The van der Waals surface area contributed by atoms with Crippen LogP contribution in [-0.4, -0.2) is 69.8 Å². The van der Waals surface area contributed by atoms with Crippen LogP contribution in [-0.2, 0) is 6.54 Å². The van der Waals surface area contributed by atoms with Crippen LogP contribution in [0.1, 0.15) is 47.1 Å². The number of benzene rings is 1. The third kappa shape index (κ3) is 3.77. The van der Waals surface area contributed by atoms with Crippen LogP contribution >= 0.6 is 11.3 Å². The maximum absolute atomic E-state index is 13.3. The first kappa shape index (κ1) is 19.7. The maximum Gasteiger partial charge on any atom is 0.274 e. The average molecular weight is 424 g/mol. The minimum absolute atomic E-state index is 0.106. The summed E-state index contributed by atoms with van der Waals surface area (Å²) < 4.78 is 2.12. The number of likely N-dealkylation sites (N-methyl/N-ethyl adjacent to an activating group) is 1. The van der Waals surface area contributed by atoms with Gasteiger partial charge in [0.05, 0.1) is 5.69 Å². The molecule has 2 fully saturated rings. The molecule has 30 heavy (non-hydrogen) atoms. The number of carbonyl (C=O) groups is 1. The van der Waals surface area contributed by atoms with Gasteiger partial charge < -0.3 is 4.90 Å². The Morgan fingerprint density at radius 1 is 1.10 bits per heavy atom. The molecule has 4 heterocycles. The summed E-state index contributed by atoms with van der Waals surface area (Å²) in [5.41, 5.74) is 3.04. The number of piperidine rings is 1. The Hall–Kier alpha value is -2.22. The van der Waals surface area contributed by atoms with Gasteiger partial charge in [0.15, 0.2) is 10.7 Å². The van der Waals surface area contributed by atoms with Crippen molar-refractivity contribution in [1.29, 1.82) is 0 Å². The summed E-state index contributed by atoms with van der Waals surface area (Å²) in [5, 5.41) is 2.05. The van der Waals surface area contributed by atoms with Gasteiger partial charge in [0.25, 0.3) is 5.91 Å². The zero-order chi connectivity index (χ0) is 20.5. The molecule has 2 aliphatic rings. The van der Waals surface area contributed by atoms with Gasteiger partial charge >= 0.3 is 0 Å². The zero-order valence-corrected chi connectivity index (χ0v) is 18.4. The van der Waals surface area contributed by atoms with Crippen molar-refractivity contribution in [2.24, 2.45) is 0 Å². The Morgan fingerprint density at radius 2 is 1.90 bits per heavy atom. The van der Waals surface area contributed by atoms with Crippen LogP contribution < -0.4 is 0 Å². The number of rotatable bonds is 4. The maximum atomic E-state index is 13.3. The Labute approximate surface area is 181 Å². The molecule has 1 atom stereocenters. The quantitative estimate of drug-likeness (QED) is 0.644. The van der Waals surface area contributed by atoms with E-state index in [2.05, 4.69) is 63.2 Å². The predicted molar refractivity (Wildman–Crippen MR) is 120 cm³/mol. The third-order valence-corrected chi connectivity index (χ3v) is 7.25. The van der Waals surface area contributed by atoms with Gasteiger partial charge in [-0.3, -0.25) is 19.0 Å². The molecule has 0 aliphatic carbocycles. The Balaban J connectivity index is 1.40. The molecule has 2 aromatic heterocycles. The van der Waals surface area contributed by atoms with Crippen LogP contribution in [0, 0.1) is 0 Å². The lowest BCUT2D eigenvalue weighted by Crippen LogP contribution is -2.46. The number of thiazole rings is 1. The summed E-state index contributed by atoms with van der Waals surface area (Å²) in [6, 6.07) is 11.1. The van der Waals surface area contributed by atoms with Crippen molar-refractivity contribution in [1.82, 2.24) is 24.1 Å². The van der Waals surface area contributed by atoms with Crippen LogP contribution in [0.3, 0.4) is 0 Å². The van der Waals surface area contributed by atoms with E-state index in [0.29, 0.717) is 11.7 Å². The Bertz CT molecular complexity index is 1010. The van der Waals surface area contributed by atoms with E-state index >= 15 is 0 Å². The van der Waals surface area contributed by atoms with Gasteiger partial charge in [0.1, 0.15) is 0 Å². The number of nitrogens with zero attached hydrogens (tertiary/aromatic N) is 5. The molecule has 0 spiro atoms. The molecule has 0 N–H and O–H groups in total. The number of piperazine rings is 1. The molecule has 1 amide bonds. The smallest absolute Gasteiger partial charge is 0.274 e. The molecule has 1 unspecified atom stereocenters. The largest absolute Gasteiger partial charge is 0.337 e. The predicted octanol–water partition coefficient (Wildman–Crippen LogP) is 3.51. The van der Waals surface area contributed by atoms with Crippen molar-refractivity contribution in [3.05, 3.63) is 58.9 Å². The van der Waals surface area contributed by atoms with Crippen molar-refractivity contribution >= 4 is 22.2 Å². The van der Waals surface area contributed by atoms with Gasteiger partial charge in [-0.15, -0.1) is 11.3 Å². The number of aromatic nitrogens is 2. The number of imidazole rings is 1. The molecular weight excluding hydrogens is 394 g/mol. The van der Waals surface area contributed by atoms with Gasteiger partial charge in [-0.2, -0.15) is 0 Å². The van der Waals surface area contributed by atoms with Crippen molar-refractivity contribution in [2.75, 3.05) is 39.8 Å². The number of hydrogen-bond acceptors (Lipinski definition) is 5. The fourth-order valence-corrected chi connectivity index (χ4v) is 5.46. The number of carbonyl (C=O) groups excluding carboxylic acids is 1. The summed E-state index contributed by atoms with van der Waals surface area (Å²) in [4.78, 5) is 25.9. The molecule has 5 rings (SSSR count). The lowest BCUT2D eigenvalue weighted by atomic mass is 10.0. The molecular formula is C23H29N5OS. The fourth-order valence-electron chi connectivity index (χ4n) is 4.72. The minimum atomic E-state index is 0.106. The molecule has 158 valence electrons. The first-order valence-corrected chi connectivity index (χ1v) is 11.8. The molecule has 2 aliphatic heterocycles. The second-order valence-electron chi connectivity index (χ2n) is 8.46. The van der Waals surface area contributed by atoms with Gasteiger partial charge in [0, 0.05) is 56.9 Å². The molecule has 1 aromatic carbocycles.